The SMILES string of the molecule is NC[C@@H]1CN(C(=O)c2ccc(Cl)s2)C[C@H]1c1ccccc1. The molecular weight excluding hydrogens is 304 g/mol. The molecule has 2 atom stereocenters. The Bertz CT molecular complexity index is 628. The van der Waals surface area contributed by atoms with Crippen LogP contribution < -0.4 is 5.73 Å². The molecule has 0 saturated carbocycles. The fourth-order valence-corrected chi connectivity index (χ4v) is 3.95. The molecule has 21 heavy (non-hydrogen) atoms. The van der Waals surface area contributed by atoms with E-state index in [-0.39, 0.29) is 5.91 Å². The Hall–Kier alpha value is -1.36. The summed E-state index contributed by atoms with van der Waals surface area (Å²) in [5, 5.41) is 0. The van der Waals surface area contributed by atoms with Gasteiger partial charge < -0.3 is 10.6 Å². The Morgan fingerprint density at radius 1 is 1.24 bits per heavy atom. The maximum absolute atomic E-state index is 12.5. The van der Waals surface area contributed by atoms with E-state index in [9.17, 15) is 4.79 Å². The van der Waals surface area contributed by atoms with Crippen molar-refractivity contribution >= 4 is 28.8 Å². The average molecular weight is 321 g/mol. The molecule has 1 fully saturated rings. The van der Waals surface area contributed by atoms with Gasteiger partial charge in [0.15, 0.2) is 0 Å². The van der Waals surface area contributed by atoms with E-state index in [1.54, 1.807) is 12.1 Å². The Morgan fingerprint density at radius 2 is 2.00 bits per heavy atom. The average Bonchev–Trinajstić information content (AvgIpc) is 3.13. The number of benzene rings is 1. The minimum atomic E-state index is 0.0591. The highest BCUT2D eigenvalue weighted by Crippen LogP contribution is 2.33. The summed E-state index contributed by atoms with van der Waals surface area (Å²) in [5.41, 5.74) is 7.17. The highest BCUT2D eigenvalue weighted by atomic mass is 35.5. The number of amides is 1. The van der Waals surface area contributed by atoms with Crippen molar-refractivity contribution in [3.63, 3.8) is 0 Å². The van der Waals surface area contributed by atoms with Gasteiger partial charge in [0.05, 0.1) is 9.21 Å². The highest BCUT2D eigenvalue weighted by molar-refractivity contribution is 7.17. The van der Waals surface area contributed by atoms with E-state index in [1.165, 1.54) is 16.9 Å². The fourth-order valence-electron chi connectivity index (χ4n) is 2.94. The van der Waals surface area contributed by atoms with Crippen LogP contribution >= 0.6 is 22.9 Å². The molecule has 5 heteroatoms. The van der Waals surface area contributed by atoms with Crippen molar-refractivity contribution in [1.82, 2.24) is 4.90 Å². The summed E-state index contributed by atoms with van der Waals surface area (Å²) in [6, 6.07) is 13.9. The van der Waals surface area contributed by atoms with Crippen LogP contribution in [0, 0.1) is 5.92 Å². The lowest BCUT2D eigenvalue weighted by Crippen LogP contribution is -2.29. The summed E-state index contributed by atoms with van der Waals surface area (Å²) in [7, 11) is 0. The van der Waals surface area contributed by atoms with Gasteiger partial charge in [-0.25, -0.2) is 0 Å². The standard InChI is InChI=1S/C16H17ClN2OS/c17-15-7-6-14(21-15)16(20)19-9-12(8-18)13(10-19)11-4-2-1-3-5-11/h1-7,12-13H,8-10,18H2/t12-,13+/m1/s1. The van der Waals surface area contributed by atoms with E-state index in [0.29, 0.717) is 34.1 Å². The summed E-state index contributed by atoms with van der Waals surface area (Å²) >= 11 is 7.25. The maximum atomic E-state index is 12.5. The van der Waals surface area contributed by atoms with Gasteiger partial charge in [-0.05, 0) is 30.2 Å². The van der Waals surface area contributed by atoms with Gasteiger partial charge in [0, 0.05) is 19.0 Å². The zero-order valence-electron chi connectivity index (χ0n) is 11.5. The van der Waals surface area contributed by atoms with Gasteiger partial charge in [-0.15, -0.1) is 11.3 Å². The molecule has 2 heterocycles. The molecule has 3 rings (SSSR count). The number of carbonyl (C=O) groups is 1. The quantitative estimate of drug-likeness (QED) is 0.944. The monoisotopic (exact) mass is 320 g/mol. The van der Waals surface area contributed by atoms with Crippen LogP contribution in [0.3, 0.4) is 0 Å². The van der Waals surface area contributed by atoms with Crippen LogP contribution in [0.1, 0.15) is 21.2 Å². The minimum Gasteiger partial charge on any atom is -0.337 e. The van der Waals surface area contributed by atoms with Gasteiger partial charge in [-0.2, -0.15) is 0 Å². The molecule has 0 bridgehead atoms. The van der Waals surface area contributed by atoms with Crippen molar-refractivity contribution in [2.75, 3.05) is 19.6 Å². The lowest BCUT2D eigenvalue weighted by molar-refractivity contribution is 0.0791. The molecule has 0 spiro atoms. The van der Waals surface area contributed by atoms with Gasteiger partial charge >= 0.3 is 0 Å². The number of hydrogen-bond acceptors (Lipinski definition) is 3. The molecule has 1 aliphatic rings. The summed E-state index contributed by atoms with van der Waals surface area (Å²) in [6.45, 7) is 2.03. The molecule has 1 aliphatic heterocycles. The predicted molar refractivity (Wildman–Crippen MR) is 87.0 cm³/mol. The first-order valence-electron chi connectivity index (χ1n) is 6.98. The zero-order chi connectivity index (χ0) is 14.8. The molecule has 1 amide bonds. The van der Waals surface area contributed by atoms with Gasteiger partial charge in [-0.3, -0.25) is 4.79 Å². The lowest BCUT2D eigenvalue weighted by atomic mass is 9.89. The molecule has 2 N–H and O–H groups in total. The molecule has 3 nitrogen and oxygen atoms in total. The van der Waals surface area contributed by atoms with Crippen molar-refractivity contribution < 1.29 is 4.79 Å². The molecule has 1 aromatic carbocycles. The van der Waals surface area contributed by atoms with Crippen LogP contribution in [0.2, 0.25) is 4.34 Å². The molecule has 1 saturated heterocycles. The summed E-state index contributed by atoms with van der Waals surface area (Å²) < 4.78 is 0.646. The Kier molecular flexibility index (Phi) is 4.29. The summed E-state index contributed by atoms with van der Waals surface area (Å²) in [4.78, 5) is 15.1. The predicted octanol–water partition coefficient (Wildman–Crippen LogP) is 3.22. The second-order valence-corrected chi connectivity index (χ2v) is 7.04. The third-order valence-corrected chi connectivity index (χ3v) is 5.26. The molecule has 0 radical (unpaired) electrons. The first-order valence-corrected chi connectivity index (χ1v) is 8.18. The number of halogens is 1. The Morgan fingerprint density at radius 3 is 2.62 bits per heavy atom. The van der Waals surface area contributed by atoms with Crippen LogP contribution in [0.25, 0.3) is 0 Å². The third kappa shape index (κ3) is 2.98. The van der Waals surface area contributed by atoms with E-state index in [4.69, 9.17) is 17.3 Å². The van der Waals surface area contributed by atoms with Crippen molar-refractivity contribution in [1.29, 1.82) is 0 Å². The topological polar surface area (TPSA) is 46.3 Å². The van der Waals surface area contributed by atoms with Gasteiger partial charge in [0.2, 0.25) is 0 Å². The fraction of sp³-hybridized carbons (Fsp3) is 0.312. The van der Waals surface area contributed by atoms with E-state index < -0.39 is 0 Å². The molecule has 2 aromatic rings. The van der Waals surface area contributed by atoms with E-state index >= 15 is 0 Å². The van der Waals surface area contributed by atoms with Crippen LogP contribution in [0.4, 0.5) is 0 Å². The van der Waals surface area contributed by atoms with Crippen molar-refractivity contribution in [3.05, 3.63) is 57.2 Å². The summed E-state index contributed by atoms with van der Waals surface area (Å²) in [6.07, 6.45) is 0. The number of thiophene rings is 1. The highest BCUT2D eigenvalue weighted by Gasteiger charge is 2.35. The van der Waals surface area contributed by atoms with Crippen molar-refractivity contribution in [3.8, 4) is 0 Å². The van der Waals surface area contributed by atoms with Gasteiger partial charge in [-0.1, -0.05) is 41.9 Å². The minimum absolute atomic E-state index is 0.0591. The van der Waals surface area contributed by atoms with Crippen LogP contribution in [-0.4, -0.2) is 30.4 Å². The van der Waals surface area contributed by atoms with Crippen molar-refractivity contribution in [2.45, 2.75) is 5.92 Å². The van der Waals surface area contributed by atoms with Crippen LogP contribution in [0.5, 0.6) is 0 Å². The van der Waals surface area contributed by atoms with E-state index in [2.05, 4.69) is 12.1 Å². The molecule has 0 unspecified atom stereocenters. The maximum Gasteiger partial charge on any atom is 0.264 e. The molecule has 110 valence electrons. The number of hydrogen-bond donors (Lipinski definition) is 1. The van der Waals surface area contributed by atoms with Gasteiger partial charge in [0.25, 0.3) is 5.91 Å². The molecule has 0 aliphatic carbocycles. The number of nitrogens with zero attached hydrogens (tertiary/aromatic N) is 1. The first kappa shape index (κ1) is 14.6. The number of carbonyl (C=O) groups excluding carboxylic acids is 1. The molecular formula is C16H17ClN2OS. The van der Waals surface area contributed by atoms with E-state index in [1.807, 2.05) is 23.1 Å². The number of nitrogens with two attached hydrogens (primary N) is 1. The zero-order valence-corrected chi connectivity index (χ0v) is 13.1. The second-order valence-electron chi connectivity index (χ2n) is 5.33. The third-order valence-electron chi connectivity index (χ3n) is 4.04. The smallest absolute Gasteiger partial charge is 0.264 e. The first-order chi connectivity index (χ1) is 10.2. The Balaban J connectivity index is 1.79. The molecule has 1 aromatic heterocycles. The van der Waals surface area contributed by atoms with Crippen molar-refractivity contribution in [2.24, 2.45) is 11.7 Å². The number of likely N-dealkylation sites (tertiary alicyclic amines) is 1. The van der Waals surface area contributed by atoms with E-state index in [0.717, 1.165) is 6.54 Å². The van der Waals surface area contributed by atoms with Crippen LogP contribution in [-0.2, 0) is 0 Å². The summed E-state index contributed by atoms with van der Waals surface area (Å²) in [5.74, 6) is 0.686. The second kappa shape index (κ2) is 6.18. The normalized spacial score (nSPS) is 21.7. The largest absolute Gasteiger partial charge is 0.337 e. The van der Waals surface area contributed by atoms with Crippen LogP contribution in [0.15, 0.2) is 42.5 Å². The number of rotatable bonds is 3. The van der Waals surface area contributed by atoms with Gasteiger partial charge in [0.1, 0.15) is 0 Å². The Labute approximate surface area is 133 Å². The lowest BCUT2D eigenvalue weighted by Gasteiger charge is -2.16.